The Bertz CT molecular complexity index is 356. The lowest BCUT2D eigenvalue weighted by Crippen LogP contribution is -2.49. The van der Waals surface area contributed by atoms with Crippen LogP contribution in [0, 0.1) is 17.8 Å². The van der Waals surface area contributed by atoms with E-state index in [1.165, 1.54) is 32.1 Å². The number of hydrogen-bond acceptors (Lipinski definition) is 3. The summed E-state index contributed by atoms with van der Waals surface area (Å²) in [7, 11) is 0. The molecule has 136 valence electrons. The quantitative estimate of drug-likeness (QED) is 0.755. The van der Waals surface area contributed by atoms with E-state index in [-0.39, 0.29) is 12.0 Å². The first kappa shape index (κ1) is 20.3. The molecule has 0 spiro atoms. The van der Waals surface area contributed by atoms with Crippen LogP contribution < -0.4 is 5.32 Å². The Morgan fingerprint density at radius 3 is 2.22 bits per heavy atom. The molecule has 1 aliphatic rings. The van der Waals surface area contributed by atoms with Gasteiger partial charge in [0.2, 0.25) is 0 Å². The predicted molar refractivity (Wildman–Crippen MR) is 94.4 cm³/mol. The molecule has 1 aliphatic carbocycles. The lowest BCUT2D eigenvalue weighted by atomic mass is 9.80. The summed E-state index contributed by atoms with van der Waals surface area (Å²) in [5.41, 5.74) is -0.520. The van der Waals surface area contributed by atoms with Crippen molar-refractivity contribution in [1.82, 2.24) is 5.32 Å². The number of amides is 1. The van der Waals surface area contributed by atoms with Crippen molar-refractivity contribution in [2.24, 2.45) is 17.8 Å². The minimum atomic E-state index is -0.538. The largest absolute Gasteiger partial charge is 0.444 e. The minimum Gasteiger partial charge on any atom is -0.444 e. The highest BCUT2D eigenvalue weighted by atomic mass is 16.6. The Morgan fingerprint density at radius 2 is 1.74 bits per heavy atom. The van der Waals surface area contributed by atoms with Gasteiger partial charge >= 0.3 is 6.09 Å². The SMILES string of the molecule is CC(C)[C@H](C)[C@H](O)[C@H](CC1CCCCC1)NC(=O)OC(C)(C)C. The van der Waals surface area contributed by atoms with Gasteiger partial charge in [0.1, 0.15) is 5.60 Å². The van der Waals surface area contributed by atoms with E-state index in [1.807, 2.05) is 20.8 Å². The van der Waals surface area contributed by atoms with Crippen molar-refractivity contribution in [3.8, 4) is 0 Å². The maximum absolute atomic E-state index is 12.2. The molecule has 0 bridgehead atoms. The van der Waals surface area contributed by atoms with Crippen molar-refractivity contribution in [2.45, 2.75) is 97.8 Å². The van der Waals surface area contributed by atoms with Gasteiger partial charge in [-0.3, -0.25) is 0 Å². The predicted octanol–water partition coefficient (Wildman–Crippen LogP) is 4.50. The first-order valence-corrected chi connectivity index (χ1v) is 9.27. The number of nitrogens with one attached hydrogen (secondary N) is 1. The van der Waals surface area contributed by atoms with Gasteiger partial charge in [-0.2, -0.15) is 0 Å². The summed E-state index contributed by atoms with van der Waals surface area (Å²) in [5, 5.41) is 13.7. The van der Waals surface area contributed by atoms with E-state index >= 15 is 0 Å². The standard InChI is InChI=1S/C19H37NO3/c1-13(2)14(3)17(21)16(12-15-10-8-7-9-11-15)20-18(22)23-19(4,5)6/h13-17,21H,7-12H2,1-6H3,(H,20,22)/t14-,16-,17-/m0/s1. The van der Waals surface area contributed by atoms with Crippen molar-refractivity contribution >= 4 is 6.09 Å². The zero-order chi connectivity index (χ0) is 17.6. The fourth-order valence-electron chi connectivity index (χ4n) is 3.29. The van der Waals surface area contributed by atoms with Gasteiger partial charge < -0.3 is 15.2 Å². The second kappa shape index (κ2) is 8.91. The summed E-state index contributed by atoms with van der Waals surface area (Å²) in [4.78, 5) is 12.2. The summed E-state index contributed by atoms with van der Waals surface area (Å²) in [5.74, 6) is 1.11. The molecule has 23 heavy (non-hydrogen) atoms. The molecule has 1 amide bonds. The van der Waals surface area contributed by atoms with Crippen LogP contribution in [0.5, 0.6) is 0 Å². The van der Waals surface area contributed by atoms with E-state index in [9.17, 15) is 9.90 Å². The van der Waals surface area contributed by atoms with Gasteiger partial charge in [0.25, 0.3) is 0 Å². The maximum Gasteiger partial charge on any atom is 0.407 e. The van der Waals surface area contributed by atoms with E-state index in [2.05, 4.69) is 26.1 Å². The molecule has 1 rings (SSSR count). The Labute approximate surface area is 142 Å². The average molecular weight is 328 g/mol. The molecule has 0 aliphatic heterocycles. The van der Waals surface area contributed by atoms with E-state index in [1.54, 1.807) is 0 Å². The van der Waals surface area contributed by atoms with Gasteiger partial charge in [0.15, 0.2) is 0 Å². The van der Waals surface area contributed by atoms with Crippen molar-refractivity contribution in [2.75, 3.05) is 0 Å². The highest BCUT2D eigenvalue weighted by Crippen LogP contribution is 2.30. The molecule has 2 N–H and O–H groups in total. The summed E-state index contributed by atoms with van der Waals surface area (Å²) in [6.07, 6.45) is 6.13. The Hall–Kier alpha value is -0.770. The lowest BCUT2D eigenvalue weighted by Gasteiger charge is -2.34. The fraction of sp³-hybridized carbons (Fsp3) is 0.947. The van der Waals surface area contributed by atoms with E-state index < -0.39 is 17.8 Å². The van der Waals surface area contributed by atoms with Gasteiger partial charge in [-0.25, -0.2) is 4.79 Å². The van der Waals surface area contributed by atoms with Gasteiger partial charge in [0.05, 0.1) is 12.1 Å². The van der Waals surface area contributed by atoms with Crippen LogP contribution in [0.2, 0.25) is 0 Å². The lowest BCUT2D eigenvalue weighted by molar-refractivity contribution is 0.0217. The monoisotopic (exact) mass is 327 g/mol. The van der Waals surface area contributed by atoms with Crippen LogP contribution in [0.1, 0.15) is 80.1 Å². The van der Waals surface area contributed by atoms with E-state index in [0.29, 0.717) is 11.8 Å². The molecule has 0 aromatic heterocycles. The molecular formula is C19H37NO3. The highest BCUT2D eigenvalue weighted by Gasteiger charge is 2.31. The number of hydrogen-bond donors (Lipinski definition) is 2. The van der Waals surface area contributed by atoms with Crippen molar-refractivity contribution in [1.29, 1.82) is 0 Å². The minimum absolute atomic E-state index is 0.138. The maximum atomic E-state index is 12.2. The zero-order valence-electron chi connectivity index (χ0n) is 15.9. The van der Waals surface area contributed by atoms with Crippen LogP contribution in [0.15, 0.2) is 0 Å². The van der Waals surface area contributed by atoms with Gasteiger partial charge in [0, 0.05) is 0 Å². The molecule has 0 aromatic carbocycles. The fourth-order valence-corrected chi connectivity index (χ4v) is 3.29. The molecular weight excluding hydrogens is 290 g/mol. The summed E-state index contributed by atoms with van der Waals surface area (Å²) in [6, 6.07) is -0.231. The molecule has 0 unspecified atom stereocenters. The third kappa shape index (κ3) is 7.56. The number of aliphatic hydroxyl groups is 1. The highest BCUT2D eigenvalue weighted by molar-refractivity contribution is 5.68. The number of rotatable bonds is 6. The molecule has 1 fully saturated rings. The first-order chi connectivity index (χ1) is 10.6. The molecule has 0 heterocycles. The van der Waals surface area contributed by atoms with Gasteiger partial charge in [-0.1, -0.05) is 52.9 Å². The van der Waals surface area contributed by atoms with Gasteiger partial charge in [-0.05, 0) is 44.9 Å². The van der Waals surface area contributed by atoms with Crippen molar-refractivity contribution in [3.63, 3.8) is 0 Å². The normalized spacial score (nSPS) is 20.9. The summed E-state index contributed by atoms with van der Waals surface area (Å²) in [6.45, 7) is 11.8. The Kier molecular flexibility index (Phi) is 7.85. The topological polar surface area (TPSA) is 58.6 Å². The van der Waals surface area contributed by atoms with Crippen molar-refractivity contribution < 1.29 is 14.6 Å². The number of ether oxygens (including phenoxy) is 1. The van der Waals surface area contributed by atoms with Gasteiger partial charge in [-0.15, -0.1) is 0 Å². The van der Waals surface area contributed by atoms with E-state index in [4.69, 9.17) is 4.74 Å². The van der Waals surface area contributed by atoms with Crippen LogP contribution in [0.3, 0.4) is 0 Å². The second-order valence-corrected chi connectivity index (χ2v) is 8.59. The second-order valence-electron chi connectivity index (χ2n) is 8.59. The van der Waals surface area contributed by atoms with Crippen LogP contribution in [0.4, 0.5) is 4.79 Å². The third-order valence-electron chi connectivity index (χ3n) is 5.02. The first-order valence-electron chi connectivity index (χ1n) is 9.27. The number of carbonyl (C=O) groups is 1. The third-order valence-corrected chi connectivity index (χ3v) is 5.02. The summed E-state index contributed by atoms with van der Waals surface area (Å²) >= 11 is 0. The van der Waals surface area contributed by atoms with E-state index in [0.717, 1.165) is 6.42 Å². The number of carbonyl (C=O) groups excluding carboxylic acids is 1. The average Bonchev–Trinajstić information content (AvgIpc) is 2.44. The Morgan fingerprint density at radius 1 is 1.17 bits per heavy atom. The van der Waals surface area contributed by atoms with Crippen LogP contribution >= 0.6 is 0 Å². The van der Waals surface area contributed by atoms with Crippen molar-refractivity contribution in [3.05, 3.63) is 0 Å². The van der Waals surface area contributed by atoms with Crippen LogP contribution in [0.25, 0.3) is 0 Å². The molecule has 4 nitrogen and oxygen atoms in total. The number of aliphatic hydroxyl groups excluding tert-OH is 1. The zero-order valence-corrected chi connectivity index (χ0v) is 15.9. The Balaban J connectivity index is 2.72. The molecule has 1 saturated carbocycles. The number of alkyl carbamates (subject to hydrolysis) is 1. The molecule has 4 heteroatoms. The smallest absolute Gasteiger partial charge is 0.407 e. The summed E-state index contributed by atoms with van der Waals surface area (Å²) < 4.78 is 5.39. The van der Waals surface area contributed by atoms with Crippen LogP contribution in [-0.4, -0.2) is 28.9 Å². The molecule has 0 radical (unpaired) electrons. The molecule has 3 atom stereocenters. The van der Waals surface area contributed by atoms with Crippen LogP contribution in [-0.2, 0) is 4.74 Å². The molecule has 0 saturated heterocycles. The molecule has 0 aromatic rings.